The van der Waals surface area contributed by atoms with Gasteiger partial charge in [0.1, 0.15) is 11.9 Å². The molecule has 0 aliphatic rings. The second-order valence-electron chi connectivity index (χ2n) is 3.39. The molecule has 0 amide bonds. The number of para-hydroxylation sites is 1. The highest BCUT2D eigenvalue weighted by Gasteiger charge is 2.08. The summed E-state index contributed by atoms with van der Waals surface area (Å²) >= 11 is 3.37. The third kappa shape index (κ3) is 4.07. The van der Waals surface area contributed by atoms with E-state index in [1.54, 1.807) is 12.1 Å². The van der Waals surface area contributed by atoms with E-state index in [-0.39, 0.29) is 6.10 Å². The summed E-state index contributed by atoms with van der Waals surface area (Å²) in [6, 6.07) is 5.44. The van der Waals surface area contributed by atoms with Crippen molar-refractivity contribution in [2.24, 2.45) is 0 Å². The molecule has 1 N–H and O–H groups in total. The van der Waals surface area contributed by atoms with Crippen molar-refractivity contribution >= 4 is 28.0 Å². The molecule has 0 bridgehead atoms. The standard InChI is InChI=1S/C13H13BrO3/c1-3-9(2)17-13-10(7-8-12(15)16)5-4-6-11(13)14/h3-9H,1H2,2H3,(H,15,16). The first-order chi connectivity index (χ1) is 8.04. The van der Waals surface area contributed by atoms with E-state index in [1.165, 1.54) is 6.08 Å². The molecule has 0 aliphatic heterocycles. The minimum atomic E-state index is -0.993. The highest BCUT2D eigenvalue weighted by molar-refractivity contribution is 9.10. The Hall–Kier alpha value is -1.55. The molecule has 0 heterocycles. The molecule has 3 nitrogen and oxygen atoms in total. The Labute approximate surface area is 109 Å². The molecule has 0 radical (unpaired) electrons. The smallest absolute Gasteiger partial charge is 0.328 e. The lowest BCUT2D eigenvalue weighted by Gasteiger charge is -2.14. The van der Waals surface area contributed by atoms with E-state index in [0.717, 1.165) is 10.5 Å². The van der Waals surface area contributed by atoms with Gasteiger partial charge in [-0.1, -0.05) is 24.8 Å². The highest BCUT2D eigenvalue weighted by Crippen LogP contribution is 2.31. The Morgan fingerprint density at radius 3 is 2.88 bits per heavy atom. The predicted octanol–water partition coefficient (Wildman–Crippen LogP) is 3.50. The summed E-state index contributed by atoms with van der Waals surface area (Å²) in [4.78, 5) is 10.5. The van der Waals surface area contributed by atoms with Crippen LogP contribution < -0.4 is 4.74 Å². The molecule has 0 aromatic heterocycles. The fourth-order valence-electron chi connectivity index (χ4n) is 1.18. The summed E-state index contributed by atoms with van der Waals surface area (Å²) in [6.07, 6.45) is 4.10. The number of hydrogen-bond donors (Lipinski definition) is 1. The summed E-state index contributed by atoms with van der Waals surface area (Å²) < 4.78 is 6.43. The first-order valence-electron chi connectivity index (χ1n) is 5.03. The molecule has 17 heavy (non-hydrogen) atoms. The highest BCUT2D eigenvalue weighted by atomic mass is 79.9. The molecular formula is C13H13BrO3. The zero-order valence-corrected chi connectivity index (χ0v) is 11.0. The molecule has 0 saturated carbocycles. The van der Waals surface area contributed by atoms with Crippen molar-refractivity contribution in [2.45, 2.75) is 13.0 Å². The van der Waals surface area contributed by atoms with Crippen LogP contribution in [0.15, 0.2) is 41.4 Å². The van der Waals surface area contributed by atoms with Crippen LogP contribution in [0.25, 0.3) is 6.08 Å². The van der Waals surface area contributed by atoms with Crippen LogP contribution in [-0.4, -0.2) is 17.2 Å². The Balaban J connectivity index is 3.07. The van der Waals surface area contributed by atoms with Gasteiger partial charge in [0.25, 0.3) is 0 Å². The maximum absolute atomic E-state index is 10.5. The van der Waals surface area contributed by atoms with E-state index in [1.807, 2.05) is 19.1 Å². The lowest BCUT2D eigenvalue weighted by Crippen LogP contribution is -2.08. The number of carbonyl (C=O) groups is 1. The molecule has 1 unspecified atom stereocenters. The number of carboxylic acid groups (broad SMARTS) is 1. The number of ether oxygens (including phenoxy) is 1. The monoisotopic (exact) mass is 296 g/mol. The molecule has 4 heteroatoms. The number of aliphatic carboxylic acids is 1. The zero-order valence-electron chi connectivity index (χ0n) is 9.39. The summed E-state index contributed by atoms with van der Waals surface area (Å²) in [7, 11) is 0. The number of benzene rings is 1. The maximum Gasteiger partial charge on any atom is 0.328 e. The molecule has 0 fully saturated rings. The van der Waals surface area contributed by atoms with Crippen LogP contribution in [0.1, 0.15) is 12.5 Å². The molecule has 0 aliphatic carbocycles. The summed E-state index contributed by atoms with van der Waals surface area (Å²) in [5.41, 5.74) is 0.704. The third-order valence-electron chi connectivity index (χ3n) is 2.04. The van der Waals surface area contributed by atoms with Crippen LogP contribution >= 0.6 is 15.9 Å². The Kier molecular flexibility index (Phi) is 4.97. The molecule has 90 valence electrons. The second-order valence-corrected chi connectivity index (χ2v) is 4.24. The Bertz CT molecular complexity index is 452. The van der Waals surface area contributed by atoms with Gasteiger partial charge in [-0.05, 0) is 35.0 Å². The van der Waals surface area contributed by atoms with Gasteiger partial charge >= 0.3 is 5.97 Å². The lowest BCUT2D eigenvalue weighted by atomic mass is 10.2. The lowest BCUT2D eigenvalue weighted by molar-refractivity contribution is -0.131. The molecule has 1 aromatic carbocycles. The second kappa shape index (κ2) is 6.25. The topological polar surface area (TPSA) is 46.5 Å². The zero-order chi connectivity index (χ0) is 12.8. The van der Waals surface area contributed by atoms with Crippen molar-refractivity contribution in [1.29, 1.82) is 0 Å². The van der Waals surface area contributed by atoms with Crippen molar-refractivity contribution in [3.05, 3.63) is 47.0 Å². The third-order valence-corrected chi connectivity index (χ3v) is 2.66. The van der Waals surface area contributed by atoms with Gasteiger partial charge in [-0.3, -0.25) is 0 Å². The van der Waals surface area contributed by atoms with E-state index >= 15 is 0 Å². The van der Waals surface area contributed by atoms with E-state index in [9.17, 15) is 4.79 Å². The van der Waals surface area contributed by atoms with E-state index in [4.69, 9.17) is 9.84 Å². The normalized spacial score (nSPS) is 12.4. The van der Waals surface area contributed by atoms with Gasteiger partial charge in [-0.25, -0.2) is 4.79 Å². The first-order valence-corrected chi connectivity index (χ1v) is 5.82. The number of halogens is 1. The Morgan fingerprint density at radius 2 is 2.29 bits per heavy atom. The average molecular weight is 297 g/mol. The van der Waals surface area contributed by atoms with Crippen LogP contribution in [0.3, 0.4) is 0 Å². The molecule has 1 aromatic rings. The quantitative estimate of drug-likeness (QED) is 0.668. The van der Waals surface area contributed by atoms with Gasteiger partial charge in [-0.2, -0.15) is 0 Å². The largest absolute Gasteiger partial charge is 0.485 e. The van der Waals surface area contributed by atoms with Gasteiger partial charge in [-0.15, -0.1) is 0 Å². The van der Waals surface area contributed by atoms with Crippen molar-refractivity contribution < 1.29 is 14.6 Å². The minimum absolute atomic E-state index is 0.148. The van der Waals surface area contributed by atoms with Crippen LogP contribution in [0.5, 0.6) is 5.75 Å². The van der Waals surface area contributed by atoms with Crippen LogP contribution in [-0.2, 0) is 4.79 Å². The Morgan fingerprint density at radius 1 is 1.59 bits per heavy atom. The fraction of sp³-hybridized carbons (Fsp3) is 0.154. The molecule has 0 spiro atoms. The number of hydrogen-bond acceptors (Lipinski definition) is 2. The summed E-state index contributed by atoms with van der Waals surface area (Å²) in [6.45, 7) is 5.50. The first kappa shape index (κ1) is 13.5. The fourth-order valence-corrected chi connectivity index (χ4v) is 1.65. The van der Waals surface area contributed by atoms with Gasteiger partial charge in [0.15, 0.2) is 0 Å². The maximum atomic E-state index is 10.5. The van der Waals surface area contributed by atoms with Gasteiger partial charge < -0.3 is 9.84 Å². The SMILES string of the molecule is C=CC(C)Oc1c(Br)cccc1C=CC(=O)O. The minimum Gasteiger partial charge on any atom is -0.485 e. The average Bonchev–Trinajstić information content (AvgIpc) is 2.29. The van der Waals surface area contributed by atoms with Gasteiger partial charge in [0.2, 0.25) is 0 Å². The van der Waals surface area contributed by atoms with Gasteiger partial charge in [0.05, 0.1) is 4.47 Å². The van der Waals surface area contributed by atoms with E-state index in [2.05, 4.69) is 22.5 Å². The molecular weight excluding hydrogens is 284 g/mol. The van der Waals surface area contributed by atoms with E-state index < -0.39 is 5.97 Å². The van der Waals surface area contributed by atoms with Crippen LogP contribution in [0.4, 0.5) is 0 Å². The van der Waals surface area contributed by atoms with Crippen molar-refractivity contribution in [3.63, 3.8) is 0 Å². The van der Waals surface area contributed by atoms with Crippen molar-refractivity contribution in [1.82, 2.24) is 0 Å². The molecule has 1 rings (SSSR count). The van der Waals surface area contributed by atoms with Gasteiger partial charge in [0, 0.05) is 11.6 Å². The number of carboxylic acids is 1. The predicted molar refractivity (Wildman–Crippen MR) is 71.1 cm³/mol. The number of rotatable bonds is 5. The van der Waals surface area contributed by atoms with Crippen molar-refractivity contribution in [2.75, 3.05) is 0 Å². The molecule has 1 atom stereocenters. The van der Waals surface area contributed by atoms with Crippen LogP contribution in [0.2, 0.25) is 0 Å². The molecule has 0 saturated heterocycles. The summed E-state index contributed by atoms with van der Waals surface area (Å²) in [5, 5.41) is 8.61. The summed E-state index contributed by atoms with van der Waals surface area (Å²) in [5.74, 6) is -0.384. The van der Waals surface area contributed by atoms with Crippen molar-refractivity contribution in [3.8, 4) is 5.75 Å². The van der Waals surface area contributed by atoms with Crippen LogP contribution in [0, 0.1) is 0 Å². The van der Waals surface area contributed by atoms with E-state index in [0.29, 0.717) is 11.3 Å².